The minimum Gasteiger partial charge on any atom is -0.457 e. The molecule has 44 heavy (non-hydrogen) atoms. The summed E-state index contributed by atoms with van der Waals surface area (Å²) in [5.41, 5.74) is -0.977. The summed E-state index contributed by atoms with van der Waals surface area (Å²) in [6.07, 6.45) is -3.55. The Morgan fingerprint density at radius 3 is 2.27 bits per heavy atom. The van der Waals surface area contributed by atoms with Crippen LogP contribution in [-0.2, 0) is 16.3 Å². The third kappa shape index (κ3) is 9.65. The third-order valence-corrected chi connectivity index (χ3v) is 6.55. The molecule has 232 valence electrons. The highest BCUT2D eigenvalue weighted by atomic mass is 35.5. The molecule has 10 nitrogen and oxygen atoms in total. The van der Waals surface area contributed by atoms with Gasteiger partial charge in [-0.25, -0.2) is 9.18 Å². The second-order valence-corrected chi connectivity index (χ2v) is 10.5. The van der Waals surface area contributed by atoms with Gasteiger partial charge in [-0.2, -0.15) is 21.6 Å². The van der Waals surface area contributed by atoms with E-state index in [1.54, 1.807) is 17.4 Å². The van der Waals surface area contributed by atoms with Gasteiger partial charge in [0.2, 0.25) is 0 Å². The van der Waals surface area contributed by atoms with E-state index in [0.29, 0.717) is 6.07 Å². The van der Waals surface area contributed by atoms with Crippen molar-refractivity contribution in [2.75, 3.05) is 17.6 Å². The number of anilines is 2. The lowest BCUT2D eigenvalue weighted by molar-refractivity contribution is -0.137. The number of urea groups is 1. The van der Waals surface area contributed by atoms with Gasteiger partial charge in [0.15, 0.2) is 0 Å². The van der Waals surface area contributed by atoms with Crippen LogP contribution in [0.1, 0.15) is 25.7 Å². The number of aryl methyl sites for hydroxylation is 1. The van der Waals surface area contributed by atoms with Crippen molar-refractivity contribution < 1.29 is 49.0 Å². The predicted octanol–water partition coefficient (Wildman–Crippen LogP) is 6.93. The summed E-state index contributed by atoms with van der Waals surface area (Å²) in [6.45, 7) is -0.879. The maximum Gasteiger partial charge on any atom is 0.417 e. The average molecular weight is 658 g/mol. The molecule has 3 amide bonds. The van der Waals surface area contributed by atoms with Gasteiger partial charge in [-0.15, -0.1) is 0 Å². The zero-order chi connectivity index (χ0) is 35.2. The third-order valence-electron chi connectivity index (χ3n) is 5.35. The molecule has 3 aromatic carbocycles. The number of pyridine rings is 1. The molecule has 0 spiro atoms. The van der Waals surface area contributed by atoms with Gasteiger partial charge in [-0.1, -0.05) is 29.3 Å². The Labute approximate surface area is 258 Å². The standard InChI is InChI=1S/C21H15ClF4N4O3.C7H8O3S/c1-27-19(31)18-10-13(6-7-28-18)33-12-3-5-17(16(23)9-12)30-20(32)29-11-2-4-15(22)14(8-11)21(24,25)26;1-6-2-4-7(5-3-6)11(8,9)10/h2-10H,1H3,(H,27,31)(H2,29,30,32);2-5H,1H3,(H,8,9,10)/i1D3;. The van der Waals surface area contributed by atoms with Crippen molar-refractivity contribution in [1.82, 2.24) is 10.3 Å². The molecular formula is C28H23ClF4N4O6S. The number of ether oxygens (including phenoxy) is 1. The highest BCUT2D eigenvalue weighted by molar-refractivity contribution is 7.85. The molecule has 0 bridgehead atoms. The fourth-order valence-electron chi connectivity index (χ4n) is 3.27. The number of carbonyl (C=O) groups excluding carboxylic acids is 2. The van der Waals surface area contributed by atoms with E-state index in [4.69, 9.17) is 25.0 Å². The summed E-state index contributed by atoms with van der Waals surface area (Å²) in [4.78, 5) is 27.7. The number of halogens is 5. The Kier molecular flexibility index (Phi) is 9.44. The molecule has 0 saturated carbocycles. The van der Waals surface area contributed by atoms with Crippen LogP contribution in [0.2, 0.25) is 5.02 Å². The minimum atomic E-state index is -4.73. The predicted molar refractivity (Wildman–Crippen MR) is 154 cm³/mol. The Hall–Kier alpha value is -4.73. The number of nitrogens with zero attached hydrogens (tertiary/aromatic N) is 1. The first-order chi connectivity index (χ1) is 21.7. The van der Waals surface area contributed by atoms with Crippen LogP contribution in [0.15, 0.2) is 83.9 Å². The lowest BCUT2D eigenvalue weighted by Crippen LogP contribution is -2.20. The summed E-state index contributed by atoms with van der Waals surface area (Å²) in [6, 6.07) is 13.5. The number of nitrogens with one attached hydrogen (secondary N) is 3. The molecule has 0 atom stereocenters. The van der Waals surface area contributed by atoms with Crippen LogP contribution in [0.25, 0.3) is 0 Å². The molecule has 0 aliphatic carbocycles. The highest BCUT2D eigenvalue weighted by Crippen LogP contribution is 2.36. The van der Waals surface area contributed by atoms with Gasteiger partial charge in [-0.3, -0.25) is 14.3 Å². The fraction of sp³-hybridized carbons (Fsp3) is 0.107. The van der Waals surface area contributed by atoms with Crippen molar-refractivity contribution in [3.05, 3.63) is 107 Å². The van der Waals surface area contributed by atoms with Crippen LogP contribution in [0, 0.1) is 12.7 Å². The topological polar surface area (TPSA) is 147 Å². The highest BCUT2D eigenvalue weighted by Gasteiger charge is 2.33. The van der Waals surface area contributed by atoms with Crippen molar-refractivity contribution in [2.45, 2.75) is 18.0 Å². The zero-order valence-corrected chi connectivity index (χ0v) is 23.8. The summed E-state index contributed by atoms with van der Waals surface area (Å²) < 4.78 is 110. The van der Waals surface area contributed by atoms with Crippen molar-refractivity contribution in [2.24, 2.45) is 0 Å². The molecule has 4 aromatic rings. The van der Waals surface area contributed by atoms with E-state index < -0.39 is 51.6 Å². The number of alkyl halides is 3. The molecule has 0 unspecified atom stereocenters. The number of amides is 3. The first-order valence-electron chi connectivity index (χ1n) is 13.5. The SMILES string of the molecule is Cc1ccc(S(=O)(=O)O)cc1.[2H]C([2H])([2H])NC(=O)c1cc(Oc2ccc(NC(=O)Nc3ccc(Cl)c(C(F)(F)F)c3)c(F)c2)ccn1. The van der Waals surface area contributed by atoms with Crippen molar-refractivity contribution in [3.8, 4) is 11.5 Å². The lowest BCUT2D eigenvalue weighted by Gasteiger charge is -2.13. The minimum absolute atomic E-state index is 0.0423. The zero-order valence-electron chi connectivity index (χ0n) is 25.2. The number of hydrogen-bond donors (Lipinski definition) is 4. The second kappa shape index (κ2) is 14.2. The first kappa shape index (κ1) is 29.3. The summed E-state index contributed by atoms with van der Waals surface area (Å²) >= 11 is 5.53. The summed E-state index contributed by atoms with van der Waals surface area (Å²) in [7, 11) is -4.02. The van der Waals surface area contributed by atoms with Gasteiger partial charge >= 0.3 is 12.2 Å². The van der Waals surface area contributed by atoms with Gasteiger partial charge in [0.1, 0.15) is 23.0 Å². The number of hydrogen-bond acceptors (Lipinski definition) is 6. The van der Waals surface area contributed by atoms with Crippen LogP contribution >= 0.6 is 11.6 Å². The van der Waals surface area contributed by atoms with E-state index in [1.807, 2.05) is 6.92 Å². The number of rotatable bonds is 6. The van der Waals surface area contributed by atoms with Crippen LogP contribution in [0.4, 0.5) is 33.7 Å². The van der Waals surface area contributed by atoms with Crippen LogP contribution in [0.3, 0.4) is 0 Å². The molecular weight excluding hydrogens is 632 g/mol. The number of carbonyl (C=O) groups is 2. The number of benzene rings is 3. The van der Waals surface area contributed by atoms with E-state index in [0.717, 1.165) is 35.9 Å². The van der Waals surface area contributed by atoms with Gasteiger partial charge in [0.25, 0.3) is 16.0 Å². The second-order valence-electron chi connectivity index (χ2n) is 8.63. The molecule has 0 radical (unpaired) electrons. The molecule has 0 fully saturated rings. The van der Waals surface area contributed by atoms with E-state index >= 15 is 0 Å². The van der Waals surface area contributed by atoms with E-state index in [1.165, 1.54) is 30.5 Å². The van der Waals surface area contributed by atoms with Crippen molar-refractivity contribution in [3.63, 3.8) is 0 Å². The van der Waals surface area contributed by atoms with Crippen LogP contribution in [-0.4, -0.2) is 36.9 Å². The molecule has 1 aromatic heterocycles. The maximum atomic E-state index is 14.5. The van der Waals surface area contributed by atoms with Gasteiger partial charge in [0, 0.05) is 35.1 Å². The maximum absolute atomic E-state index is 14.5. The summed E-state index contributed by atoms with van der Waals surface area (Å²) in [5.74, 6) is -1.91. The monoisotopic (exact) mass is 657 g/mol. The molecule has 0 aliphatic rings. The Morgan fingerprint density at radius 1 is 0.977 bits per heavy atom. The largest absolute Gasteiger partial charge is 0.457 e. The van der Waals surface area contributed by atoms with Gasteiger partial charge in [0.05, 0.1) is 21.2 Å². The van der Waals surface area contributed by atoms with Crippen molar-refractivity contribution in [1.29, 1.82) is 0 Å². The van der Waals surface area contributed by atoms with Crippen LogP contribution < -0.4 is 20.7 Å². The van der Waals surface area contributed by atoms with Crippen LogP contribution in [0.5, 0.6) is 11.5 Å². The fourth-order valence-corrected chi connectivity index (χ4v) is 3.98. The molecule has 0 saturated heterocycles. The number of aromatic nitrogens is 1. The summed E-state index contributed by atoms with van der Waals surface area (Å²) in [5, 5.41) is 5.53. The van der Waals surface area contributed by atoms with Gasteiger partial charge < -0.3 is 20.7 Å². The van der Waals surface area contributed by atoms with E-state index in [-0.39, 0.29) is 33.5 Å². The Morgan fingerprint density at radius 2 is 1.66 bits per heavy atom. The normalized spacial score (nSPS) is 12.4. The molecule has 4 N–H and O–H groups in total. The molecule has 16 heteroatoms. The molecule has 1 heterocycles. The first-order valence-corrected chi connectivity index (χ1v) is 13.8. The molecule has 0 aliphatic heterocycles. The lowest BCUT2D eigenvalue weighted by atomic mass is 10.2. The van der Waals surface area contributed by atoms with Gasteiger partial charge in [-0.05, 0) is 55.5 Å². The van der Waals surface area contributed by atoms with E-state index in [9.17, 15) is 35.6 Å². The van der Waals surface area contributed by atoms with E-state index in [2.05, 4.69) is 15.6 Å². The van der Waals surface area contributed by atoms with Crippen molar-refractivity contribution >= 4 is 45.0 Å². The quantitative estimate of drug-likeness (QED) is 0.130. The molecule has 4 rings (SSSR count). The smallest absolute Gasteiger partial charge is 0.417 e. The Balaban J connectivity index is 0.000000461. The average Bonchev–Trinajstić information content (AvgIpc) is 2.94. The Bertz CT molecular complexity index is 1880.